The van der Waals surface area contributed by atoms with E-state index in [9.17, 15) is 43.2 Å². The number of phosphoric ester groups is 2. The highest BCUT2D eigenvalue weighted by atomic mass is 31.2. The van der Waals surface area contributed by atoms with Gasteiger partial charge in [-0.1, -0.05) is 247 Å². The Morgan fingerprint density at radius 2 is 0.575 bits per heavy atom. The third-order valence-electron chi connectivity index (χ3n) is 14.0. The van der Waals surface area contributed by atoms with Crippen molar-refractivity contribution >= 4 is 39.5 Å². The number of hydrogen-bond donors (Lipinski definition) is 3. The van der Waals surface area contributed by atoms with E-state index in [1.165, 1.54) is 103 Å². The third-order valence-corrected chi connectivity index (χ3v) is 15.9. The zero-order chi connectivity index (χ0) is 59.4. The minimum atomic E-state index is -4.94. The van der Waals surface area contributed by atoms with Crippen LogP contribution in [0.3, 0.4) is 0 Å². The van der Waals surface area contributed by atoms with E-state index in [0.717, 1.165) is 109 Å². The molecule has 0 bridgehead atoms. The van der Waals surface area contributed by atoms with Crippen molar-refractivity contribution in [1.29, 1.82) is 0 Å². The fourth-order valence-corrected chi connectivity index (χ4v) is 10.6. The summed E-state index contributed by atoms with van der Waals surface area (Å²) in [6.45, 7) is 9.36. The molecule has 5 atom stereocenters. The molecule has 0 amide bonds. The molecule has 3 N–H and O–H groups in total. The number of carbonyl (C=O) groups is 4. The first-order chi connectivity index (χ1) is 38.4. The van der Waals surface area contributed by atoms with Crippen LogP contribution in [-0.2, 0) is 65.4 Å². The van der Waals surface area contributed by atoms with E-state index < -0.39 is 97.5 Å². The molecule has 0 saturated carbocycles. The van der Waals surface area contributed by atoms with Gasteiger partial charge in [-0.3, -0.25) is 37.3 Å². The maximum Gasteiger partial charge on any atom is 0.472 e. The molecule has 2 unspecified atom stereocenters. The van der Waals surface area contributed by atoms with Crippen molar-refractivity contribution in [2.24, 2.45) is 11.8 Å². The van der Waals surface area contributed by atoms with Gasteiger partial charge in [0.15, 0.2) is 12.2 Å². The van der Waals surface area contributed by atoms with Crippen LogP contribution in [0.5, 0.6) is 0 Å². The molecule has 80 heavy (non-hydrogen) atoms. The largest absolute Gasteiger partial charge is 0.472 e. The van der Waals surface area contributed by atoms with Crippen LogP contribution in [-0.4, -0.2) is 96.7 Å². The second kappa shape index (κ2) is 53.8. The van der Waals surface area contributed by atoms with Gasteiger partial charge < -0.3 is 33.8 Å². The van der Waals surface area contributed by atoms with Crippen LogP contribution in [0.2, 0.25) is 0 Å². The van der Waals surface area contributed by atoms with E-state index in [1.54, 1.807) is 0 Å². The molecule has 19 heteroatoms. The fraction of sp³-hybridized carbons (Fsp3) is 0.934. The summed E-state index contributed by atoms with van der Waals surface area (Å²) in [5.41, 5.74) is 0. The second-order valence-electron chi connectivity index (χ2n) is 23.0. The Morgan fingerprint density at radius 1 is 0.338 bits per heavy atom. The number of aliphatic hydroxyl groups is 1. The average Bonchev–Trinajstić information content (AvgIpc) is 3.41. The Labute approximate surface area is 486 Å². The number of phosphoric acid groups is 2. The number of esters is 4. The van der Waals surface area contributed by atoms with Gasteiger partial charge in [-0.2, -0.15) is 0 Å². The number of ether oxygens (including phenoxy) is 4. The van der Waals surface area contributed by atoms with Crippen molar-refractivity contribution in [2.75, 3.05) is 39.6 Å². The number of rotatable bonds is 60. The van der Waals surface area contributed by atoms with Crippen LogP contribution in [0.25, 0.3) is 0 Å². The maximum atomic E-state index is 12.9. The van der Waals surface area contributed by atoms with Crippen LogP contribution in [0.1, 0.15) is 298 Å². The molecule has 0 aliphatic rings. The summed E-state index contributed by atoms with van der Waals surface area (Å²) >= 11 is 0. The van der Waals surface area contributed by atoms with E-state index >= 15 is 0 Å². The highest BCUT2D eigenvalue weighted by molar-refractivity contribution is 7.47. The minimum Gasteiger partial charge on any atom is -0.462 e. The number of carbonyl (C=O) groups excluding carboxylic acids is 4. The minimum absolute atomic E-state index is 0.105. The predicted octanol–water partition coefficient (Wildman–Crippen LogP) is 16.5. The lowest BCUT2D eigenvalue weighted by molar-refractivity contribution is -0.161. The van der Waals surface area contributed by atoms with Crippen molar-refractivity contribution in [2.45, 2.75) is 317 Å². The molecular weight excluding hydrogens is 1070 g/mol. The van der Waals surface area contributed by atoms with E-state index in [2.05, 4.69) is 41.5 Å². The smallest absolute Gasteiger partial charge is 0.462 e. The monoisotopic (exact) mass is 1180 g/mol. The quantitative estimate of drug-likeness (QED) is 0.0222. The van der Waals surface area contributed by atoms with Crippen LogP contribution in [0.15, 0.2) is 0 Å². The first-order valence-electron chi connectivity index (χ1n) is 32.0. The van der Waals surface area contributed by atoms with Crippen molar-refractivity contribution in [3.63, 3.8) is 0 Å². The van der Waals surface area contributed by atoms with E-state index in [4.69, 9.17) is 37.0 Å². The Balaban J connectivity index is 5.22. The molecule has 0 aromatic heterocycles. The molecule has 0 saturated heterocycles. The van der Waals surface area contributed by atoms with Gasteiger partial charge in [0.25, 0.3) is 0 Å². The molecule has 0 heterocycles. The summed E-state index contributed by atoms with van der Waals surface area (Å²) < 4.78 is 67.8. The van der Waals surface area contributed by atoms with Gasteiger partial charge in [0.05, 0.1) is 26.4 Å². The number of hydrogen-bond acceptors (Lipinski definition) is 15. The first-order valence-corrected chi connectivity index (χ1v) is 35.0. The number of aliphatic hydroxyl groups excluding tert-OH is 1. The van der Waals surface area contributed by atoms with Gasteiger partial charge in [0.1, 0.15) is 19.3 Å². The number of unbranched alkanes of at least 4 members (excludes halogenated alkanes) is 30. The topological polar surface area (TPSA) is 237 Å². The standard InChI is InChI=1S/C61H118O17P2/c1-7-9-11-13-15-19-26-33-39-45-60(65)77-56(49-71-58(63)43-37-31-25-16-14-12-10-8-2)51-75-79(67,68)73-47-55(62)48-74-80(69,70)76-52-57(50-72-59(64)44-38-32-28-22-24-30-36-42-54(5)6)78-61(66)46-40-34-27-21-18-17-20-23-29-35-41-53(3)4/h53-57,62H,7-52H2,1-6H3,(H,67,68)(H,69,70)/t55-,56+,57+/m0/s1. The van der Waals surface area contributed by atoms with Gasteiger partial charge in [-0.05, 0) is 37.5 Å². The van der Waals surface area contributed by atoms with E-state index in [0.29, 0.717) is 31.6 Å². The van der Waals surface area contributed by atoms with Gasteiger partial charge >= 0.3 is 39.5 Å². The second-order valence-corrected chi connectivity index (χ2v) is 25.9. The van der Waals surface area contributed by atoms with Crippen molar-refractivity contribution < 1.29 is 80.2 Å². The van der Waals surface area contributed by atoms with Gasteiger partial charge in [0, 0.05) is 25.7 Å². The van der Waals surface area contributed by atoms with Gasteiger partial charge in [0.2, 0.25) is 0 Å². The van der Waals surface area contributed by atoms with Crippen LogP contribution < -0.4 is 0 Å². The SMILES string of the molecule is CCCCCCCCCCCC(=O)O[C@H](COC(=O)CCCCCCCCCC)COP(=O)(O)OC[C@H](O)COP(=O)(O)OC[C@@H](COC(=O)CCCCCCCCCC(C)C)OC(=O)CCCCCCCCCCCCC(C)C. The summed E-state index contributed by atoms with van der Waals surface area (Å²) in [5, 5.41) is 10.5. The summed E-state index contributed by atoms with van der Waals surface area (Å²) in [6.07, 6.45) is 34.9. The van der Waals surface area contributed by atoms with Crippen molar-refractivity contribution in [3.8, 4) is 0 Å². The highest BCUT2D eigenvalue weighted by Crippen LogP contribution is 2.45. The Kier molecular flexibility index (Phi) is 52.5. The van der Waals surface area contributed by atoms with Crippen molar-refractivity contribution in [3.05, 3.63) is 0 Å². The Hall–Kier alpha value is -1.94. The van der Waals surface area contributed by atoms with Crippen LogP contribution in [0.4, 0.5) is 0 Å². The fourth-order valence-electron chi connectivity index (χ4n) is 9.00. The Morgan fingerprint density at radius 3 is 0.850 bits per heavy atom. The summed E-state index contributed by atoms with van der Waals surface area (Å²) in [7, 11) is -9.88. The van der Waals surface area contributed by atoms with Gasteiger partial charge in [-0.25, -0.2) is 9.13 Å². The third kappa shape index (κ3) is 55.3. The molecule has 474 valence electrons. The normalized spacial score (nSPS) is 14.4. The van der Waals surface area contributed by atoms with Crippen molar-refractivity contribution in [1.82, 2.24) is 0 Å². The molecule has 0 aliphatic carbocycles. The molecule has 0 rings (SSSR count). The molecule has 17 nitrogen and oxygen atoms in total. The summed E-state index contributed by atoms with van der Waals surface area (Å²) in [6, 6.07) is 0. The van der Waals surface area contributed by atoms with Crippen LogP contribution in [0, 0.1) is 11.8 Å². The lowest BCUT2D eigenvalue weighted by Crippen LogP contribution is -2.30. The Bertz CT molecular complexity index is 1580. The van der Waals surface area contributed by atoms with E-state index in [-0.39, 0.29) is 25.7 Å². The molecular formula is C61H118O17P2. The van der Waals surface area contributed by atoms with Gasteiger partial charge in [-0.15, -0.1) is 0 Å². The van der Waals surface area contributed by atoms with Crippen LogP contribution >= 0.6 is 15.6 Å². The average molecular weight is 1190 g/mol. The lowest BCUT2D eigenvalue weighted by atomic mass is 10.0. The predicted molar refractivity (Wildman–Crippen MR) is 317 cm³/mol. The molecule has 0 spiro atoms. The first kappa shape index (κ1) is 78.1. The molecule has 0 aliphatic heterocycles. The highest BCUT2D eigenvalue weighted by Gasteiger charge is 2.30. The summed E-state index contributed by atoms with van der Waals surface area (Å²) in [4.78, 5) is 71.9. The lowest BCUT2D eigenvalue weighted by Gasteiger charge is -2.21. The maximum absolute atomic E-state index is 12.9. The zero-order valence-corrected chi connectivity index (χ0v) is 53.2. The molecule has 0 fully saturated rings. The van der Waals surface area contributed by atoms with E-state index in [1.807, 2.05) is 0 Å². The molecule has 0 aromatic carbocycles. The zero-order valence-electron chi connectivity index (χ0n) is 51.4. The summed E-state index contributed by atoms with van der Waals surface area (Å²) in [5.74, 6) is -0.685. The molecule has 0 aromatic rings. The molecule has 0 radical (unpaired) electrons.